The standard InChI is InChI=1S/C17H22N2O/c1-4-20-17-12-8-5-9-14(17)13-18-15-10-6-7-11-16(15)19(2)3/h5-12,18H,4,13H2,1-3H3. The van der Waals surface area contributed by atoms with E-state index in [0.717, 1.165) is 18.0 Å². The minimum Gasteiger partial charge on any atom is -0.494 e. The molecule has 0 saturated heterocycles. The lowest BCUT2D eigenvalue weighted by molar-refractivity contribution is 0.337. The monoisotopic (exact) mass is 270 g/mol. The number of para-hydroxylation sites is 3. The molecule has 2 rings (SSSR count). The van der Waals surface area contributed by atoms with Crippen molar-refractivity contribution in [2.24, 2.45) is 0 Å². The van der Waals surface area contributed by atoms with Crippen LogP contribution in [0.25, 0.3) is 0 Å². The Kier molecular flexibility index (Phi) is 4.88. The summed E-state index contributed by atoms with van der Waals surface area (Å²) in [6.45, 7) is 3.44. The van der Waals surface area contributed by atoms with E-state index in [4.69, 9.17) is 4.74 Å². The molecule has 20 heavy (non-hydrogen) atoms. The molecule has 106 valence electrons. The Hall–Kier alpha value is -2.16. The first-order valence-corrected chi connectivity index (χ1v) is 6.93. The van der Waals surface area contributed by atoms with Gasteiger partial charge in [0.25, 0.3) is 0 Å². The zero-order valence-electron chi connectivity index (χ0n) is 12.4. The summed E-state index contributed by atoms with van der Waals surface area (Å²) in [6, 6.07) is 16.4. The van der Waals surface area contributed by atoms with Crippen LogP contribution in [0.15, 0.2) is 48.5 Å². The molecule has 0 saturated carbocycles. The smallest absolute Gasteiger partial charge is 0.124 e. The first-order valence-electron chi connectivity index (χ1n) is 6.93. The van der Waals surface area contributed by atoms with Gasteiger partial charge in [-0.1, -0.05) is 30.3 Å². The molecular formula is C17H22N2O. The normalized spacial score (nSPS) is 10.2. The first-order chi connectivity index (χ1) is 9.72. The molecule has 1 N–H and O–H groups in total. The van der Waals surface area contributed by atoms with Crippen LogP contribution in [0.5, 0.6) is 5.75 Å². The van der Waals surface area contributed by atoms with Crippen molar-refractivity contribution >= 4 is 11.4 Å². The lowest BCUT2D eigenvalue weighted by Gasteiger charge is -2.19. The Labute approximate surface area is 121 Å². The molecular weight excluding hydrogens is 248 g/mol. The number of hydrogen-bond acceptors (Lipinski definition) is 3. The molecule has 0 atom stereocenters. The molecule has 0 aliphatic heterocycles. The van der Waals surface area contributed by atoms with Gasteiger partial charge in [0.2, 0.25) is 0 Å². The summed E-state index contributed by atoms with van der Waals surface area (Å²) < 4.78 is 5.65. The Bertz CT molecular complexity index is 552. The van der Waals surface area contributed by atoms with Crippen LogP contribution in [-0.4, -0.2) is 20.7 Å². The summed E-state index contributed by atoms with van der Waals surface area (Å²) in [4.78, 5) is 2.11. The third kappa shape index (κ3) is 3.44. The van der Waals surface area contributed by atoms with Gasteiger partial charge in [-0.15, -0.1) is 0 Å². The first kappa shape index (κ1) is 14.3. The van der Waals surface area contributed by atoms with E-state index in [9.17, 15) is 0 Å². The summed E-state index contributed by atoms with van der Waals surface area (Å²) in [6.07, 6.45) is 0. The molecule has 0 aromatic heterocycles. The second kappa shape index (κ2) is 6.85. The maximum Gasteiger partial charge on any atom is 0.124 e. The third-order valence-electron chi connectivity index (χ3n) is 3.13. The summed E-state index contributed by atoms with van der Waals surface area (Å²) in [5.41, 5.74) is 3.48. The second-order valence-corrected chi connectivity index (χ2v) is 4.81. The highest BCUT2D eigenvalue weighted by Gasteiger charge is 2.05. The molecule has 0 spiro atoms. The lowest BCUT2D eigenvalue weighted by Crippen LogP contribution is -2.12. The van der Waals surface area contributed by atoms with Crippen LogP contribution >= 0.6 is 0 Å². The van der Waals surface area contributed by atoms with E-state index in [2.05, 4.69) is 48.6 Å². The largest absolute Gasteiger partial charge is 0.494 e. The van der Waals surface area contributed by atoms with Gasteiger partial charge in [0.05, 0.1) is 18.0 Å². The van der Waals surface area contributed by atoms with E-state index in [1.165, 1.54) is 11.3 Å². The number of benzene rings is 2. The molecule has 0 radical (unpaired) electrons. The number of hydrogen-bond donors (Lipinski definition) is 1. The van der Waals surface area contributed by atoms with Gasteiger partial charge in [-0.05, 0) is 25.1 Å². The summed E-state index contributed by atoms with van der Waals surface area (Å²) in [5.74, 6) is 0.949. The average molecular weight is 270 g/mol. The maximum absolute atomic E-state index is 5.65. The molecule has 3 nitrogen and oxygen atoms in total. The topological polar surface area (TPSA) is 24.5 Å². The second-order valence-electron chi connectivity index (χ2n) is 4.81. The number of rotatable bonds is 6. The Morgan fingerprint density at radius 1 is 1.00 bits per heavy atom. The number of nitrogens with one attached hydrogen (secondary N) is 1. The molecule has 0 aliphatic carbocycles. The zero-order valence-corrected chi connectivity index (χ0v) is 12.4. The van der Waals surface area contributed by atoms with Crippen molar-refractivity contribution in [1.29, 1.82) is 0 Å². The van der Waals surface area contributed by atoms with Crippen molar-refractivity contribution in [1.82, 2.24) is 0 Å². The number of nitrogens with zero attached hydrogens (tertiary/aromatic N) is 1. The van der Waals surface area contributed by atoms with Gasteiger partial charge >= 0.3 is 0 Å². The maximum atomic E-state index is 5.65. The molecule has 2 aromatic rings. The highest BCUT2D eigenvalue weighted by molar-refractivity contribution is 5.69. The fourth-order valence-corrected chi connectivity index (χ4v) is 2.15. The Balaban J connectivity index is 2.13. The molecule has 0 aliphatic rings. The van der Waals surface area contributed by atoms with E-state index in [-0.39, 0.29) is 0 Å². The van der Waals surface area contributed by atoms with Gasteiger partial charge in [-0.25, -0.2) is 0 Å². The molecule has 0 amide bonds. The van der Waals surface area contributed by atoms with E-state index < -0.39 is 0 Å². The Morgan fingerprint density at radius 2 is 1.70 bits per heavy atom. The van der Waals surface area contributed by atoms with Gasteiger partial charge < -0.3 is 15.0 Å². The zero-order chi connectivity index (χ0) is 14.4. The predicted molar refractivity (Wildman–Crippen MR) is 85.7 cm³/mol. The fraction of sp³-hybridized carbons (Fsp3) is 0.294. The summed E-state index contributed by atoms with van der Waals surface area (Å²) in [5, 5.41) is 3.49. The van der Waals surface area contributed by atoms with Crippen molar-refractivity contribution in [2.45, 2.75) is 13.5 Å². The van der Waals surface area contributed by atoms with E-state index >= 15 is 0 Å². The van der Waals surface area contributed by atoms with Crippen molar-refractivity contribution in [3.05, 3.63) is 54.1 Å². The number of ether oxygens (including phenoxy) is 1. The third-order valence-corrected chi connectivity index (χ3v) is 3.13. The van der Waals surface area contributed by atoms with Gasteiger partial charge in [0.1, 0.15) is 5.75 Å². The lowest BCUT2D eigenvalue weighted by atomic mass is 10.2. The quantitative estimate of drug-likeness (QED) is 0.865. The van der Waals surface area contributed by atoms with Gasteiger partial charge in [-0.3, -0.25) is 0 Å². The minimum atomic E-state index is 0.686. The molecule has 0 fully saturated rings. The molecule has 2 aromatic carbocycles. The van der Waals surface area contributed by atoms with Crippen molar-refractivity contribution in [3.8, 4) is 5.75 Å². The van der Waals surface area contributed by atoms with Crippen LogP contribution in [-0.2, 0) is 6.54 Å². The number of anilines is 2. The SMILES string of the molecule is CCOc1ccccc1CNc1ccccc1N(C)C. The van der Waals surface area contributed by atoms with Crippen molar-refractivity contribution < 1.29 is 4.74 Å². The van der Waals surface area contributed by atoms with E-state index in [1.807, 2.05) is 31.2 Å². The predicted octanol–water partition coefficient (Wildman–Crippen LogP) is 3.76. The fourth-order valence-electron chi connectivity index (χ4n) is 2.15. The molecule has 0 bridgehead atoms. The average Bonchev–Trinajstić information content (AvgIpc) is 2.47. The molecule has 0 heterocycles. The van der Waals surface area contributed by atoms with Gasteiger partial charge in [-0.2, -0.15) is 0 Å². The van der Waals surface area contributed by atoms with Crippen LogP contribution < -0.4 is 15.0 Å². The van der Waals surface area contributed by atoms with Crippen LogP contribution in [0.3, 0.4) is 0 Å². The van der Waals surface area contributed by atoms with Crippen LogP contribution in [0.4, 0.5) is 11.4 Å². The Morgan fingerprint density at radius 3 is 2.45 bits per heavy atom. The van der Waals surface area contributed by atoms with Crippen LogP contribution in [0.1, 0.15) is 12.5 Å². The highest BCUT2D eigenvalue weighted by Crippen LogP contribution is 2.25. The van der Waals surface area contributed by atoms with Crippen molar-refractivity contribution in [2.75, 3.05) is 30.9 Å². The summed E-state index contributed by atoms with van der Waals surface area (Å²) in [7, 11) is 4.10. The van der Waals surface area contributed by atoms with Gasteiger partial charge in [0, 0.05) is 26.2 Å². The molecule has 0 unspecified atom stereocenters. The van der Waals surface area contributed by atoms with Crippen LogP contribution in [0, 0.1) is 0 Å². The molecule has 3 heteroatoms. The highest BCUT2D eigenvalue weighted by atomic mass is 16.5. The van der Waals surface area contributed by atoms with Crippen molar-refractivity contribution in [3.63, 3.8) is 0 Å². The minimum absolute atomic E-state index is 0.686. The van der Waals surface area contributed by atoms with E-state index in [0.29, 0.717) is 6.61 Å². The van der Waals surface area contributed by atoms with Crippen LogP contribution in [0.2, 0.25) is 0 Å². The van der Waals surface area contributed by atoms with E-state index in [1.54, 1.807) is 0 Å². The van der Waals surface area contributed by atoms with Gasteiger partial charge in [0.15, 0.2) is 0 Å². The summed E-state index contributed by atoms with van der Waals surface area (Å²) >= 11 is 0.